The molecule has 0 aliphatic carbocycles. The van der Waals surface area contributed by atoms with Crippen molar-refractivity contribution in [3.63, 3.8) is 0 Å². The van der Waals surface area contributed by atoms with Crippen LogP contribution in [0.25, 0.3) is 0 Å². The summed E-state index contributed by atoms with van der Waals surface area (Å²) in [6.45, 7) is 3.83. The van der Waals surface area contributed by atoms with Crippen LogP contribution in [-0.4, -0.2) is 12.6 Å². The van der Waals surface area contributed by atoms with Gasteiger partial charge in [0.15, 0.2) is 0 Å². The minimum atomic E-state index is -0.242. The fourth-order valence-electron chi connectivity index (χ4n) is 0.514. The highest BCUT2D eigenvalue weighted by atomic mass is 16.5. The van der Waals surface area contributed by atoms with Crippen molar-refractivity contribution in [2.24, 2.45) is 0 Å². The van der Waals surface area contributed by atoms with Crippen LogP contribution < -0.4 is 0 Å². The van der Waals surface area contributed by atoms with Gasteiger partial charge in [-0.15, -0.1) is 0 Å². The molecule has 0 aliphatic heterocycles. The van der Waals surface area contributed by atoms with E-state index in [2.05, 4.69) is 11.7 Å². The van der Waals surface area contributed by atoms with Gasteiger partial charge in [0.2, 0.25) is 0 Å². The largest absolute Gasteiger partial charge is 0.462 e. The Bertz CT molecular complexity index is 157. The molecule has 0 aromatic rings. The predicted molar refractivity (Wildman–Crippen MR) is 45.2 cm³/mol. The first kappa shape index (κ1) is 9.95. The Hall–Kier alpha value is -1.05. The molecule has 0 bridgehead atoms. The van der Waals surface area contributed by atoms with Gasteiger partial charge in [0.05, 0.1) is 0 Å². The maximum Gasteiger partial charge on any atom is 0.302 e. The second-order valence-electron chi connectivity index (χ2n) is 2.07. The Morgan fingerprint density at radius 2 is 2.00 bits per heavy atom. The Balaban J connectivity index is 3.30. The number of carbonyl (C=O) groups is 1. The SMILES string of the molecule is CC/C=C\C=C\COC(C)=O. The van der Waals surface area contributed by atoms with Crippen LogP contribution in [0.2, 0.25) is 0 Å². The van der Waals surface area contributed by atoms with Crippen molar-refractivity contribution < 1.29 is 9.53 Å². The van der Waals surface area contributed by atoms with E-state index in [9.17, 15) is 4.79 Å². The van der Waals surface area contributed by atoms with E-state index in [-0.39, 0.29) is 5.97 Å². The molecule has 0 radical (unpaired) electrons. The second kappa shape index (κ2) is 7.06. The fourth-order valence-corrected chi connectivity index (χ4v) is 0.514. The summed E-state index contributed by atoms with van der Waals surface area (Å²) in [6.07, 6.45) is 8.66. The first-order valence-corrected chi connectivity index (χ1v) is 3.72. The lowest BCUT2D eigenvalue weighted by Gasteiger charge is -1.92. The van der Waals surface area contributed by atoms with E-state index in [1.54, 1.807) is 6.08 Å². The molecule has 0 aromatic carbocycles. The van der Waals surface area contributed by atoms with Gasteiger partial charge in [0.1, 0.15) is 6.61 Å². The van der Waals surface area contributed by atoms with Crippen molar-refractivity contribution >= 4 is 5.97 Å². The molecule has 0 spiro atoms. The first-order valence-electron chi connectivity index (χ1n) is 3.72. The van der Waals surface area contributed by atoms with Crippen LogP contribution in [0.4, 0.5) is 0 Å². The van der Waals surface area contributed by atoms with E-state index in [1.165, 1.54) is 6.92 Å². The summed E-state index contributed by atoms with van der Waals surface area (Å²) in [6, 6.07) is 0. The number of rotatable bonds is 4. The van der Waals surface area contributed by atoms with Crippen molar-refractivity contribution in [3.8, 4) is 0 Å². The molecule has 0 N–H and O–H groups in total. The second-order valence-corrected chi connectivity index (χ2v) is 2.07. The van der Waals surface area contributed by atoms with Gasteiger partial charge in [-0.2, -0.15) is 0 Å². The number of hydrogen-bond donors (Lipinski definition) is 0. The smallest absolute Gasteiger partial charge is 0.302 e. The van der Waals surface area contributed by atoms with E-state index in [0.717, 1.165) is 6.42 Å². The van der Waals surface area contributed by atoms with Crippen molar-refractivity contribution in [2.45, 2.75) is 20.3 Å². The van der Waals surface area contributed by atoms with Crippen molar-refractivity contribution in [1.82, 2.24) is 0 Å². The summed E-state index contributed by atoms with van der Waals surface area (Å²) < 4.78 is 4.66. The van der Waals surface area contributed by atoms with E-state index in [0.29, 0.717) is 6.61 Å². The molecule has 2 heteroatoms. The van der Waals surface area contributed by atoms with Gasteiger partial charge in [-0.1, -0.05) is 25.2 Å². The molecule has 0 heterocycles. The van der Waals surface area contributed by atoms with E-state index in [1.807, 2.05) is 18.2 Å². The minimum Gasteiger partial charge on any atom is -0.462 e. The molecule has 0 amide bonds. The number of hydrogen-bond acceptors (Lipinski definition) is 2. The standard InChI is InChI=1S/C9H14O2/c1-3-4-5-6-7-8-11-9(2)10/h4-7H,3,8H2,1-2H3/b5-4-,7-6+. The Kier molecular flexibility index (Phi) is 6.39. The van der Waals surface area contributed by atoms with Gasteiger partial charge in [-0.3, -0.25) is 4.79 Å². The monoisotopic (exact) mass is 154 g/mol. The minimum absolute atomic E-state index is 0.242. The number of esters is 1. The lowest BCUT2D eigenvalue weighted by molar-refractivity contribution is -0.139. The zero-order valence-electron chi connectivity index (χ0n) is 7.04. The van der Waals surface area contributed by atoms with Crippen LogP contribution in [0, 0.1) is 0 Å². The van der Waals surface area contributed by atoms with Gasteiger partial charge >= 0.3 is 5.97 Å². The summed E-state index contributed by atoms with van der Waals surface area (Å²) in [5.41, 5.74) is 0. The van der Waals surface area contributed by atoms with Gasteiger partial charge in [0, 0.05) is 6.92 Å². The molecule has 11 heavy (non-hydrogen) atoms. The highest BCUT2D eigenvalue weighted by Crippen LogP contribution is 1.83. The highest BCUT2D eigenvalue weighted by Gasteiger charge is 1.84. The Labute approximate surface area is 67.6 Å². The lowest BCUT2D eigenvalue weighted by Crippen LogP contribution is -1.96. The quantitative estimate of drug-likeness (QED) is 0.457. The van der Waals surface area contributed by atoms with E-state index < -0.39 is 0 Å². The molecular weight excluding hydrogens is 140 g/mol. The first-order chi connectivity index (χ1) is 5.27. The Morgan fingerprint density at radius 1 is 1.36 bits per heavy atom. The number of ether oxygens (including phenoxy) is 1. The topological polar surface area (TPSA) is 26.3 Å². The van der Waals surface area contributed by atoms with Crippen molar-refractivity contribution in [1.29, 1.82) is 0 Å². The zero-order chi connectivity index (χ0) is 8.53. The predicted octanol–water partition coefficient (Wildman–Crippen LogP) is 2.07. The van der Waals surface area contributed by atoms with Gasteiger partial charge in [-0.25, -0.2) is 0 Å². The molecule has 0 saturated carbocycles. The van der Waals surface area contributed by atoms with Crippen LogP contribution >= 0.6 is 0 Å². The summed E-state index contributed by atoms with van der Waals surface area (Å²) in [5.74, 6) is -0.242. The summed E-state index contributed by atoms with van der Waals surface area (Å²) >= 11 is 0. The molecular formula is C9H14O2. The highest BCUT2D eigenvalue weighted by molar-refractivity contribution is 5.65. The third kappa shape index (κ3) is 8.95. The molecule has 0 saturated heterocycles. The van der Waals surface area contributed by atoms with Crippen LogP contribution in [0.15, 0.2) is 24.3 Å². The number of allylic oxidation sites excluding steroid dienone is 3. The zero-order valence-corrected chi connectivity index (χ0v) is 7.04. The maximum absolute atomic E-state index is 10.3. The third-order valence-corrected chi connectivity index (χ3v) is 1.00. The van der Waals surface area contributed by atoms with Crippen LogP contribution in [0.5, 0.6) is 0 Å². The average Bonchev–Trinajstić information content (AvgIpc) is 1.96. The fraction of sp³-hybridized carbons (Fsp3) is 0.444. The van der Waals surface area contributed by atoms with Crippen LogP contribution in [-0.2, 0) is 9.53 Å². The molecule has 0 atom stereocenters. The van der Waals surface area contributed by atoms with Gasteiger partial charge in [0.25, 0.3) is 0 Å². The van der Waals surface area contributed by atoms with Crippen LogP contribution in [0.1, 0.15) is 20.3 Å². The molecule has 0 rings (SSSR count). The van der Waals surface area contributed by atoms with Gasteiger partial charge in [-0.05, 0) is 12.5 Å². The summed E-state index contributed by atoms with van der Waals surface area (Å²) in [5, 5.41) is 0. The Morgan fingerprint density at radius 3 is 2.55 bits per heavy atom. The van der Waals surface area contributed by atoms with Crippen LogP contribution in [0.3, 0.4) is 0 Å². The molecule has 0 unspecified atom stereocenters. The van der Waals surface area contributed by atoms with E-state index in [4.69, 9.17) is 0 Å². The number of carbonyl (C=O) groups excluding carboxylic acids is 1. The molecule has 0 fully saturated rings. The van der Waals surface area contributed by atoms with Crippen molar-refractivity contribution in [3.05, 3.63) is 24.3 Å². The van der Waals surface area contributed by atoms with Gasteiger partial charge < -0.3 is 4.74 Å². The average molecular weight is 154 g/mol. The summed E-state index contributed by atoms with van der Waals surface area (Å²) in [7, 11) is 0. The molecule has 62 valence electrons. The van der Waals surface area contributed by atoms with E-state index >= 15 is 0 Å². The third-order valence-electron chi connectivity index (χ3n) is 1.00. The van der Waals surface area contributed by atoms with Crippen molar-refractivity contribution in [2.75, 3.05) is 6.61 Å². The molecule has 0 aliphatic rings. The molecule has 0 aromatic heterocycles. The summed E-state index contributed by atoms with van der Waals surface area (Å²) in [4.78, 5) is 10.3. The maximum atomic E-state index is 10.3. The normalized spacial score (nSPS) is 11.1. The lowest BCUT2D eigenvalue weighted by atomic mass is 10.4. The molecule has 2 nitrogen and oxygen atoms in total.